The van der Waals surface area contributed by atoms with Gasteiger partial charge in [-0.25, -0.2) is 13.4 Å². The van der Waals surface area contributed by atoms with Gasteiger partial charge in [0.05, 0.1) is 14.6 Å². The van der Waals surface area contributed by atoms with Crippen molar-refractivity contribution in [3.05, 3.63) is 39.7 Å². The van der Waals surface area contributed by atoms with Gasteiger partial charge in [-0.05, 0) is 43.2 Å². The normalized spacial score (nSPS) is 16.5. The molecule has 0 atom stereocenters. The Hall–Kier alpha value is -1.19. The predicted molar refractivity (Wildman–Crippen MR) is 109 cm³/mol. The lowest BCUT2D eigenvalue weighted by molar-refractivity contribution is 0.386. The van der Waals surface area contributed by atoms with Crippen molar-refractivity contribution in [2.75, 3.05) is 31.1 Å². The highest BCUT2D eigenvalue weighted by atomic mass is 35.5. The number of anilines is 1. The summed E-state index contributed by atoms with van der Waals surface area (Å²) in [5.74, 6) is 0. The van der Waals surface area contributed by atoms with Gasteiger partial charge >= 0.3 is 0 Å². The minimum atomic E-state index is -3.46. The van der Waals surface area contributed by atoms with Crippen LogP contribution < -0.4 is 4.90 Å². The third-order valence-corrected chi connectivity index (χ3v) is 9.40. The lowest BCUT2D eigenvalue weighted by Crippen LogP contribution is -2.48. The monoisotopic (exact) mass is 427 g/mol. The van der Waals surface area contributed by atoms with Crippen molar-refractivity contribution >= 4 is 59.6 Å². The van der Waals surface area contributed by atoms with Crippen LogP contribution in [0.4, 0.5) is 5.13 Å². The molecule has 5 nitrogen and oxygen atoms in total. The number of hydrogen-bond acceptors (Lipinski definition) is 6. The number of aryl methyl sites for hydroxylation is 2. The van der Waals surface area contributed by atoms with Crippen LogP contribution in [0.1, 0.15) is 11.1 Å². The van der Waals surface area contributed by atoms with E-state index in [4.69, 9.17) is 16.6 Å². The number of thiophene rings is 1. The number of sulfonamides is 1. The van der Waals surface area contributed by atoms with E-state index >= 15 is 0 Å². The van der Waals surface area contributed by atoms with E-state index in [0.717, 1.165) is 22.0 Å². The van der Waals surface area contributed by atoms with E-state index in [9.17, 15) is 8.42 Å². The molecule has 0 unspecified atom stereocenters. The SMILES string of the molecule is Cc1ccc2sc(N3CCN(S(=O)(=O)c4ccc(Cl)s4)CC3)nc2c1C. The number of hydrogen-bond donors (Lipinski definition) is 0. The lowest BCUT2D eigenvalue weighted by atomic mass is 10.1. The smallest absolute Gasteiger partial charge is 0.252 e. The third kappa shape index (κ3) is 3.14. The fourth-order valence-electron chi connectivity index (χ4n) is 3.03. The largest absolute Gasteiger partial charge is 0.345 e. The Kier molecular flexibility index (Phi) is 4.73. The van der Waals surface area contributed by atoms with E-state index in [1.54, 1.807) is 23.5 Å². The molecule has 9 heteroatoms. The first-order valence-corrected chi connectivity index (χ1v) is 11.7. The Morgan fingerprint density at radius 1 is 1.04 bits per heavy atom. The maximum Gasteiger partial charge on any atom is 0.252 e. The van der Waals surface area contributed by atoms with Gasteiger partial charge in [0.2, 0.25) is 0 Å². The first-order valence-electron chi connectivity index (χ1n) is 8.23. The van der Waals surface area contributed by atoms with Crippen LogP contribution in [0.2, 0.25) is 4.34 Å². The second kappa shape index (κ2) is 6.76. The van der Waals surface area contributed by atoms with Crippen molar-refractivity contribution in [3.63, 3.8) is 0 Å². The van der Waals surface area contributed by atoms with Gasteiger partial charge in [0, 0.05) is 26.2 Å². The molecular weight excluding hydrogens is 410 g/mol. The van der Waals surface area contributed by atoms with E-state index in [1.165, 1.54) is 20.1 Å². The summed E-state index contributed by atoms with van der Waals surface area (Å²) in [5.41, 5.74) is 3.49. The molecule has 0 saturated carbocycles. The van der Waals surface area contributed by atoms with Crippen LogP contribution in [0.3, 0.4) is 0 Å². The molecule has 1 fully saturated rings. The topological polar surface area (TPSA) is 53.5 Å². The van der Waals surface area contributed by atoms with Crippen molar-refractivity contribution in [1.29, 1.82) is 0 Å². The van der Waals surface area contributed by atoms with Crippen molar-refractivity contribution < 1.29 is 8.42 Å². The van der Waals surface area contributed by atoms with Gasteiger partial charge in [-0.2, -0.15) is 4.31 Å². The standard InChI is InChI=1S/C17H18ClN3O2S3/c1-11-3-4-13-16(12(11)2)19-17(24-13)20-7-9-21(10-8-20)26(22,23)15-6-5-14(18)25-15/h3-6H,7-10H2,1-2H3. The van der Waals surface area contributed by atoms with Crippen molar-refractivity contribution in [1.82, 2.24) is 9.29 Å². The fourth-order valence-corrected chi connectivity index (χ4v) is 7.17. The number of benzene rings is 1. The van der Waals surface area contributed by atoms with Gasteiger partial charge in [-0.3, -0.25) is 0 Å². The molecule has 26 heavy (non-hydrogen) atoms. The Morgan fingerprint density at radius 2 is 1.77 bits per heavy atom. The molecule has 0 N–H and O–H groups in total. The van der Waals surface area contributed by atoms with Crippen LogP contribution in [0, 0.1) is 13.8 Å². The van der Waals surface area contributed by atoms with Crippen LogP contribution in [0.25, 0.3) is 10.2 Å². The van der Waals surface area contributed by atoms with Gasteiger partial charge in [0.15, 0.2) is 5.13 Å². The third-order valence-electron chi connectivity index (χ3n) is 4.73. The molecule has 3 heterocycles. The Labute approximate surface area is 165 Å². The second-order valence-electron chi connectivity index (χ2n) is 6.30. The molecule has 2 aromatic heterocycles. The van der Waals surface area contributed by atoms with E-state index < -0.39 is 10.0 Å². The highest BCUT2D eigenvalue weighted by molar-refractivity contribution is 7.91. The minimum absolute atomic E-state index is 0.307. The van der Waals surface area contributed by atoms with Gasteiger partial charge in [0.25, 0.3) is 10.0 Å². The summed E-state index contributed by atoms with van der Waals surface area (Å²) in [6.07, 6.45) is 0. The minimum Gasteiger partial charge on any atom is -0.345 e. The first kappa shape index (κ1) is 18.2. The molecule has 0 bridgehead atoms. The number of nitrogens with zero attached hydrogens (tertiary/aromatic N) is 3. The van der Waals surface area contributed by atoms with Crippen molar-refractivity contribution in [2.45, 2.75) is 18.1 Å². The summed E-state index contributed by atoms with van der Waals surface area (Å²) in [5, 5.41) is 0.963. The molecule has 138 valence electrons. The molecule has 1 saturated heterocycles. The Morgan fingerprint density at radius 3 is 2.42 bits per heavy atom. The number of halogens is 1. The molecule has 0 amide bonds. The molecule has 0 radical (unpaired) electrons. The van der Waals surface area contributed by atoms with Crippen molar-refractivity contribution in [2.24, 2.45) is 0 Å². The van der Waals surface area contributed by atoms with Crippen LogP contribution in [-0.2, 0) is 10.0 Å². The summed E-state index contributed by atoms with van der Waals surface area (Å²) in [6, 6.07) is 7.44. The summed E-state index contributed by atoms with van der Waals surface area (Å²) in [4.78, 5) is 6.98. The second-order valence-corrected chi connectivity index (χ2v) is 11.2. The summed E-state index contributed by atoms with van der Waals surface area (Å²) < 4.78 is 28.9. The highest BCUT2D eigenvalue weighted by Gasteiger charge is 2.30. The molecule has 0 aliphatic carbocycles. The zero-order valence-corrected chi connectivity index (χ0v) is 17.6. The van der Waals surface area contributed by atoms with Crippen molar-refractivity contribution in [3.8, 4) is 0 Å². The molecule has 1 aliphatic rings. The summed E-state index contributed by atoms with van der Waals surface area (Å²) in [7, 11) is -3.46. The summed E-state index contributed by atoms with van der Waals surface area (Å²) >= 11 is 8.66. The van der Waals surface area contributed by atoms with Crippen LogP contribution in [0.5, 0.6) is 0 Å². The lowest BCUT2D eigenvalue weighted by Gasteiger charge is -2.33. The molecule has 0 spiro atoms. The fraction of sp³-hybridized carbons (Fsp3) is 0.353. The molecular formula is C17H18ClN3O2S3. The summed E-state index contributed by atoms with van der Waals surface area (Å²) in [6.45, 7) is 6.36. The molecule has 1 aliphatic heterocycles. The van der Waals surface area contributed by atoms with Gasteiger partial charge in [-0.1, -0.05) is 29.0 Å². The maximum atomic E-state index is 12.7. The number of piperazine rings is 1. The molecule has 3 aromatic rings. The van der Waals surface area contributed by atoms with Gasteiger partial charge in [0.1, 0.15) is 4.21 Å². The van der Waals surface area contributed by atoms with E-state index in [0.29, 0.717) is 34.7 Å². The van der Waals surface area contributed by atoms with E-state index in [2.05, 4.69) is 30.9 Å². The van der Waals surface area contributed by atoms with E-state index in [-0.39, 0.29) is 0 Å². The Bertz CT molecular complexity index is 1070. The number of thiazole rings is 1. The predicted octanol–water partition coefficient (Wildman–Crippen LogP) is 4.14. The average molecular weight is 428 g/mol. The maximum absolute atomic E-state index is 12.7. The number of fused-ring (bicyclic) bond motifs is 1. The first-order chi connectivity index (χ1) is 12.4. The van der Waals surface area contributed by atoms with Gasteiger partial charge < -0.3 is 4.90 Å². The molecule has 4 rings (SSSR count). The van der Waals surface area contributed by atoms with Crippen LogP contribution in [0.15, 0.2) is 28.5 Å². The Balaban J connectivity index is 1.53. The van der Waals surface area contributed by atoms with Gasteiger partial charge in [-0.15, -0.1) is 11.3 Å². The number of rotatable bonds is 3. The molecule has 1 aromatic carbocycles. The van der Waals surface area contributed by atoms with Crippen LogP contribution in [-0.4, -0.2) is 43.9 Å². The average Bonchev–Trinajstić information content (AvgIpc) is 3.25. The number of aromatic nitrogens is 1. The zero-order chi connectivity index (χ0) is 18.5. The highest BCUT2D eigenvalue weighted by Crippen LogP contribution is 2.33. The van der Waals surface area contributed by atoms with Crippen LogP contribution >= 0.6 is 34.3 Å². The zero-order valence-electron chi connectivity index (χ0n) is 14.4. The van der Waals surface area contributed by atoms with E-state index in [1.807, 2.05) is 0 Å². The quantitative estimate of drug-likeness (QED) is 0.630.